The highest BCUT2D eigenvalue weighted by Crippen LogP contribution is 2.21. The van der Waals surface area contributed by atoms with Crippen molar-refractivity contribution in [3.63, 3.8) is 0 Å². The molecular weight excluding hydrogens is 306 g/mol. The molecule has 1 aromatic rings. The maximum absolute atomic E-state index is 12.4. The summed E-state index contributed by atoms with van der Waals surface area (Å²) in [5, 5.41) is 0. The summed E-state index contributed by atoms with van der Waals surface area (Å²) < 4.78 is 5.26. The Labute approximate surface area is 144 Å². The van der Waals surface area contributed by atoms with Crippen molar-refractivity contribution >= 4 is 23.2 Å². The van der Waals surface area contributed by atoms with Gasteiger partial charge in [0.05, 0.1) is 13.2 Å². The third kappa shape index (κ3) is 4.47. The van der Waals surface area contributed by atoms with Crippen molar-refractivity contribution in [3.8, 4) is 0 Å². The van der Waals surface area contributed by atoms with Crippen LogP contribution >= 0.6 is 0 Å². The lowest BCUT2D eigenvalue weighted by molar-refractivity contribution is -0.134. The van der Waals surface area contributed by atoms with Crippen molar-refractivity contribution in [1.82, 2.24) is 4.90 Å². The van der Waals surface area contributed by atoms with Crippen LogP contribution in [0, 0.1) is 0 Å². The number of benzene rings is 1. The summed E-state index contributed by atoms with van der Waals surface area (Å²) in [5.74, 6) is -0.173. The maximum Gasteiger partial charge on any atom is 0.242 e. The van der Waals surface area contributed by atoms with Gasteiger partial charge in [0.25, 0.3) is 0 Å². The molecule has 0 N–H and O–H groups in total. The average molecular weight is 333 g/mol. The topological polar surface area (TPSA) is 53.1 Å². The average Bonchev–Trinajstić information content (AvgIpc) is 2.62. The van der Waals surface area contributed by atoms with Crippen LogP contribution in [0.2, 0.25) is 0 Å². The van der Waals surface area contributed by atoms with Gasteiger partial charge in [-0.1, -0.05) is 0 Å². The molecule has 2 amide bonds. The zero-order chi connectivity index (χ0) is 17.5. The molecule has 1 aliphatic rings. The smallest absolute Gasteiger partial charge is 0.242 e. The Bertz CT molecular complexity index is 549. The predicted molar refractivity (Wildman–Crippen MR) is 95.4 cm³/mol. The van der Waals surface area contributed by atoms with Crippen LogP contribution in [0.5, 0.6) is 0 Å². The molecule has 0 bridgehead atoms. The van der Waals surface area contributed by atoms with Gasteiger partial charge in [-0.15, -0.1) is 0 Å². The number of nitrogens with zero attached hydrogens (tertiary/aromatic N) is 3. The molecule has 2 rings (SSSR count). The van der Waals surface area contributed by atoms with Crippen LogP contribution in [0.3, 0.4) is 0 Å². The van der Waals surface area contributed by atoms with Crippen LogP contribution in [-0.4, -0.2) is 62.7 Å². The van der Waals surface area contributed by atoms with Crippen LogP contribution in [0.25, 0.3) is 0 Å². The predicted octanol–water partition coefficient (Wildman–Crippen LogP) is 1.74. The molecule has 6 nitrogen and oxygen atoms in total. The number of anilines is 2. The fraction of sp³-hybridized carbons (Fsp3) is 0.556. The highest BCUT2D eigenvalue weighted by atomic mass is 16.5. The quantitative estimate of drug-likeness (QED) is 0.796. The maximum atomic E-state index is 12.4. The van der Waals surface area contributed by atoms with Crippen molar-refractivity contribution in [2.24, 2.45) is 0 Å². The summed E-state index contributed by atoms with van der Waals surface area (Å²) in [4.78, 5) is 30.0. The summed E-state index contributed by atoms with van der Waals surface area (Å²) in [6.45, 7) is 9.95. The number of carbonyl (C=O) groups excluding carboxylic acids is 2. The van der Waals surface area contributed by atoms with Gasteiger partial charge in [0.1, 0.15) is 6.54 Å². The Hall–Kier alpha value is -2.08. The molecule has 0 radical (unpaired) electrons. The minimum atomic E-state index is -0.132. The summed E-state index contributed by atoms with van der Waals surface area (Å²) in [6.07, 6.45) is 0. The molecule has 1 fully saturated rings. The zero-order valence-electron chi connectivity index (χ0n) is 14.8. The Morgan fingerprint density at radius 3 is 2.08 bits per heavy atom. The lowest BCUT2D eigenvalue weighted by Crippen LogP contribution is -2.46. The molecule has 1 saturated heterocycles. The molecule has 0 unspecified atom stereocenters. The Morgan fingerprint density at radius 1 is 1.04 bits per heavy atom. The summed E-state index contributed by atoms with van der Waals surface area (Å²) in [5.41, 5.74) is 1.87. The van der Waals surface area contributed by atoms with Crippen molar-refractivity contribution in [2.75, 3.05) is 55.7 Å². The summed E-state index contributed by atoms with van der Waals surface area (Å²) in [6, 6.07) is 7.80. The van der Waals surface area contributed by atoms with E-state index in [9.17, 15) is 9.59 Å². The van der Waals surface area contributed by atoms with Gasteiger partial charge in [-0.3, -0.25) is 9.59 Å². The molecule has 0 spiro atoms. The summed E-state index contributed by atoms with van der Waals surface area (Å²) >= 11 is 0. The highest BCUT2D eigenvalue weighted by molar-refractivity contribution is 5.97. The Balaban J connectivity index is 2.09. The lowest BCUT2D eigenvalue weighted by atomic mass is 10.2. The van der Waals surface area contributed by atoms with Gasteiger partial charge >= 0.3 is 0 Å². The van der Waals surface area contributed by atoms with Gasteiger partial charge in [-0.25, -0.2) is 0 Å². The van der Waals surface area contributed by atoms with E-state index in [-0.39, 0.29) is 18.4 Å². The first-order valence-corrected chi connectivity index (χ1v) is 8.55. The van der Waals surface area contributed by atoms with Gasteiger partial charge < -0.3 is 19.4 Å². The second kappa shape index (κ2) is 8.68. The standard InChI is InChI=1S/C18H27N3O3/c1-4-19(5-2)16-6-8-17(9-7-16)21(15(3)22)14-18(23)20-10-12-24-13-11-20/h6-9H,4-5,10-14H2,1-3H3. The van der Waals surface area contributed by atoms with Crippen molar-refractivity contribution in [2.45, 2.75) is 20.8 Å². The molecule has 0 aliphatic carbocycles. The second-order valence-corrected chi connectivity index (χ2v) is 5.79. The van der Waals surface area contributed by atoms with Crippen LogP contribution in [0.15, 0.2) is 24.3 Å². The van der Waals surface area contributed by atoms with E-state index in [4.69, 9.17) is 4.74 Å². The second-order valence-electron chi connectivity index (χ2n) is 5.79. The van der Waals surface area contributed by atoms with E-state index in [1.165, 1.54) is 11.8 Å². The zero-order valence-corrected chi connectivity index (χ0v) is 14.8. The molecule has 132 valence electrons. The van der Waals surface area contributed by atoms with Crippen LogP contribution in [0.1, 0.15) is 20.8 Å². The van der Waals surface area contributed by atoms with Crippen molar-refractivity contribution < 1.29 is 14.3 Å². The third-order valence-corrected chi connectivity index (χ3v) is 4.33. The van der Waals surface area contributed by atoms with E-state index in [2.05, 4.69) is 18.7 Å². The molecule has 1 aliphatic heterocycles. The number of hydrogen-bond acceptors (Lipinski definition) is 4. The normalized spacial score (nSPS) is 14.4. The van der Waals surface area contributed by atoms with Crippen molar-refractivity contribution in [3.05, 3.63) is 24.3 Å². The van der Waals surface area contributed by atoms with E-state index >= 15 is 0 Å². The molecule has 0 aromatic heterocycles. The molecule has 6 heteroatoms. The molecular formula is C18H27N3O3. The third-order valence-electron chi connectivity index (χ3n) is 4.33. The van der Waals surface area contributed by atoms with Crippen molar-refractivity contribution in [1.29, 1.82) is 0 Å². The molecule has 0 saturated carbocycles. The van der Waals surface area contributed by atoms with Crippen LogP contribution < -0.4 is 9.80 Å². The minimum absolute atomic E-state index is 0.0404. The van der Waals surface area contributed by atoms with E-state index in [1.54, 1.807) is 4.90 Å². The fourth-order valence-corrected chi connectivity index (χ4v) is 2.86. The monoisotopic (exact) mass is 333 g/mol. The highest BCUT2D eigenvalue weighted by Gasteiger charge is 2.22. The van der Waals surface area contributed by atoms with Gasteiger partial charge in [0.15, 0.2) is 0 Å². The number of hydrogen-bond donors (Lipinski definition) is 0. The molecule has 1 aromatic carbocycles. The number of ether oxygens (including phenoxy) is 1. The SMILES string of the molecule is CCN(CC)c1ccc(N(CC(=O)N2CCOCC2)C(C)=O)cc1. The van der Waals surface area contributed by atoms with Gasteiger partial charge in [-0.2, -0.15) is 0 Å². The molecule has 0 atom stereocenters. The van der Waals surface area contributed by atoms with E-state index < -0.39 is 0 Å². The molecule has 24 heavy (non-hydrogen) atoms. The van der Waals surface area contributed by atoms with Crippen LogP contribution in [-0.2, 0) is 14.3 Å². The molecule has 1 heterocycles. The fourth-order valence-electron chi connectivity index (χ4n) is 2.86. The number of morpholine rings is 1. The van der Waals surface area contributed by atoms with Crippen LogP contribution in [0.4, 0.5) is 11.4 Å². The Kier molecular flexibility index (Phi) is 6.61. The minimum Gasteiger partial charge on any atom is -0.378 e. The number of rotatable bonds is 6. The van der Waals surface area contributed by atoms with E-state index in [1.807, 2.05) is 24.3 Å². The first kappa shape index (κ1) is 18.3. The number of carbonyl (C=O) groups is 2. The van der Waals surface area contributed by atoms with Gasteiger partial charge in [0, 0.05) is 44.5 Å². The lowest BCUT2D eigenvalue weighted by Gasteiger charge is -2.30. The first-order valence-electron chi connectivity index (χ1n) is 8.55. The largest absolute Gasteiger partial charge is 0.378 e. The van der Waals surface area contributed by atoms with Gasteiger partial charge in [-0.05, 0) is 38.1 Å². The van der Waals surface area contributed by atoms with E-state index in [0.29, 0.717) is 26.3 Å². The summed E-state index contributed by atoms with van der Waals surface area (Å²) in [7, 11) is 0. The Morgan fingerprint density at radius 2 is 1.58 bits per heavy atom. The van der Waals surface area contributed by atoms with E-state index in [0.717, 1.165) is 24.5 Å². The van der Waals surface area contributed by atoms with Gasteiger partial charge in [0.2, 0.25) is 11.8 Å². The first-order chi connectivity index (χ1) is 11.6. The number of amides is 2.